The Morgan fingerprint density at radius 1 is 1.21 bits per heavy atom. The summed E-state index contributed by atoms with van der Waals surface area (Å²) in [6.07, 6.45) is 5.14. The molecular weight excluding hydrogens is 490 g/mol. The molecule has 0 radical (unpaired) electrons. The Morgan fingerprint density at radius 2 is 1.90 bits per heavy atom. The lowest BCUT2D eigenvalue weighted by Gasteiger charge is -2.26. The van der Waals surface area contributed by atoms with E-state index >= 15 is 0 Å². The Labute approximate surface area is 235 Å². The van der Waals surface area contributed by atoms with Crippen molar-refractivity contribution in [3.05, 3.63) is 41.6 Å². The first-order valence-electron chi connectivity index (χ1n) is 14.7. The SMILES string of the molecule is CC.CC(C)C(C)C=O.CCn1nccc1-c1ccc(CNC(=O)C2CC(O)CN2C)c(C2CCNCC2)c1. The van der Waals surface area contributed by atoms with Crippen LogP contribution in [-0.2, 0) is 22.7 Å². The fourth-order valence-electron chi connectivity index (χ4n) is 4.99. The van der Waals surface area contributed by atoms with Crippen molar-refractivity contribution in [2.75, 3.05) is 26.7 Å². The van der Waals surface area contributed by atoms with E-state index in [-0.39, 0.29) is 17.9 Å². The number of hydrogen-bond acceptors (Lipinski definition) is 6. The van der Waals surface area contributed by atoms with E-state index in [1.54, 1.807) is 0 Å². The van der Waals surface area contributed by atoms with Crippen LogP contribution >= 0.6 is 0 Å². The van der Waals surface area contributed by atoms with Crippen LogP contribution in [0.5, 0.6) is 0 Å². The van der Waals surface area contributed by atoms with Gasteiger partial charge in [-0.2, -0.15) is 5.10 Å². The van der Waals surface area contributed by atoms with Crippen LogP contribution in [-0.4, -0.2) is 70.8 Å². The van der Waals surface area contributed by atoms with Crippen LogP contribution in [0.15, 0.2) is 30.5 Å². The number of aromatic nitrogens is 2. The number of likely N-dealkylation sites (tertiary alicyclic amines) is 1. The number of aliphatic hydroxyl groups is 1. The zero-order chi connectivity index (χ0) is 28.9. The van der Waals surface area contributed by atoms with E-state index in [0.717, 1.165) is 44.5 Å². The number of amides is 1. The number of nitrogens with one attached hydrogen (secondary N) is 2. The summed E-state index contributed by atoms with van der Waals surface area (Å²) in [4.78, 5) is 24.6. The van der Waals surface area contributed by atoms with Gasteiger partial charge in [0.15, 0.2) is 0 Å². The van der Waals surface area contributed by atoms with Crippen molar-refractivity contribution in [2.24, 2.45) is 11.8 Å². The van der Waals surface area contributed by atoms with E-state index in [0.29, 0.717) is 31.3 Å². The van der Waals surface area contributed by atoms with Crippen LogP contribution in [0.25, 0.3) is 11.3 Å². The van der Waals surface area contributed by atoms with E-state index in [2.05, 4.69) is 46.9 Å². The number of carbonyl (C=O) groups is 2. The number of carbonyl (C=O) groups excluding carboxylic acids is 2. The maximum atomic E-state index is 12.7. The fourth-order valence-corrected chi connectivity index (χ4v) is 4.99. The lowest BCUT2D eigenvalue weighted by molar-refractivity contribution is -0.125. The quantitative estimate of drug-likeness (QED) is 0.433. The highest BCUT2D eigenvalue weighted by molar-refractivity contribution is 5.82. The van der Waals surface area contributed by atoms with Crippen molar-refractivity contribution in [1.82, 2.24) is 25.3 Å². The van der Waals surface area contributed by atoms with Crippen LogP contribution < -0.4 is 10.6 Å². The van der Waals surface area contributed by atoms with Crippen LogP contribution in [0.3, 0.4) is 0 Å². The Bertz CT molecular complexity index is 1020. The second-order valence-corrected chi connectivity index (χ2v) is 10.8. The van der Waals surface area contributed by atoms with Gasteiger partial charge in [0, 0.05) is 37.3 Å². The third-order valence-electron chi connectivity index (χ3n) is 7.78. The second-order valence-electron chi connectivity index (χ2n) is 10.8. The number of nitrogens with zero attached hydrogens (tertiary/aromatic N) is 3. The molecule has 2 aromatic rings. The largest absolute Gasteiger partial charge is 0.392 e. The molecule has 39 heavy (non-hydrogen) atoms. The molecule has 3 unspecified atom stereocenters. The first-order chi connectivity index (χ1) is 18.7. The van der Waals surface area contributed by atoms with Crippen LogP contribution in [0.4, 0.5) is 0 Å². The molecule has 0 spiro atoms. The van der Waals surface area contributed by atoms with Gasteiger partial charge in [-0.05, 0) is 81.4 Å². The molecule has 0 aliphatic carbocycles. The number of aliphatic hydroxyl groups excluding tert-OH is 1. The predicted molar refractivity (Wildman–Crippen MR) is 158 cm³/mol. The average Bonchev–Trinajstić information content (AvgIpc) is 3.58. The topological polar surface area (TPSA) is 99.5 Å². The molecule has 3 atom stereocenters. The van der Waals surface area contributed by atoms with Gasteiger partial charge in [0.2, 0.25) is 5.91 Å². The molecule has 1 aromatic carbocycles. The number of hydrogen-bond donors (Lipinski definition) is 3. The minimum atomic E-state index is -0.418. The molecule has 1 aromatic heterocycles. The van der Waals surface area contributed by atoms with Crippen molar-refractivity contribution in [3.63, 3.8) is 0 Å². The average molecular weight is 542 g/mol. The summed E-state index contributed by atoms with van der Waals surface area (Å²) >= 11 is 0. The first kappa shape index (κ1) is 32.7. The summed E-state index contributed by atoms with van der Waals surface area (Å²) < 4.78 is 2.02. The van der Waals surface area contributed by atoms with E-state index in [1.807, 2.05) is 57.4 Å². The highest BCUT2D eigenvalue weighted by Gasteiger charge is 2.33. The van der Waals surface area contributed by atoms with Gasteiger partial charge in [-0.3, -0.25) is 14.4 Å². The Hall–Kier alpha value is -2.55. The Balaban J connectivity index is 0.000000517. The summed E-state index contributed by atoms with van der Waals surface area (Å²) in [7, 11) is 1.90. The molecule has 8 nitrogen and oxygen atoms in total. The maximum absolute atomic E-state index is 12.7. The summed E-state index contributed by atoms with van der Waals surface area (Å²) in [5.41, 5.74) is 4.82. The van der Waals surface area contributed by atoms with Crippen LogP contribution in [0.1, 0.15) is 77.8 Å². The second kappa shape index (κ2) is 16.5. The van der Waals surface area contributed by atoms with Crippen LogP contribution in [0, 0.1) is 11.8 Å². The van der Waals surface area contributed by atoms with E-state index in [4.69, 9.17) is 0 Å². The molecule has 0 saturated carbocycles. The smallest absolute Gasteiger partial charge is 0.237 e. The number of rotatable bonds is 8. The predicted octanol–water partition coefficient (Wildman–Crippen LogP) is 4.22. The third-order valence-corrected chi connectivity index (χ3v) is 7.78. The molecule has 3 N–H and O–H groups in total. The van der Waals surface area contributed by atoms with E-state index in [1.165, 1.54) is 16.7 Å². The number of β-amino-alcohol motifs (C(OH)–C–C–N with tert-alkyl or cyclic N) is 1. The van der Waals surface area contributed by atoms with Gasteiger partial charge < -0.3 is 20.5 Å². The van der Waals surface area contributed by atoms with Crippen molar-refractivity contribution >= 4 is 12.2 Å². The number of aryl methyl sites for hydroxylation is 1. The van der Waals surface area contributed by atoms with Gasteiger partial charge >= 0.3 is 0 Å². The number of piperidine rings is 1. The zero-order valence-electron chi connectivity index (χ0n) is 25.1. The highest BCUT2D eigenvalue weighted by Crippen LogP contribution is 2.32. The molecule has 0 bridgehead atoms. The zero-order valence-corrected chi connectivity index (χ0v) is 25.1. The molecule has 2 saturated heterocycles. The minimum absolute atomic E-state index is 0.00144. The van der Waals surface area contributed by atoms with Crippen molar-refractivity contribution in [3.8, 4) is 11.3 Å². The molecule has 2 aliphatic heterocycles. The van der Waals surface area contributed by atoms with Gasteiger partial charge in [0.05, 0.1) is 17.8 Å². The van der Waals surface area contributed by atoms with Gasteiger partial charge in [-0.15, -0.1) is 0 Å². The Morgan fingerprint density at radius 3 is 2.44 bits per heavy atom. The van der Waals surface area contributed by atoms with Crippen molar-refractivity contribution in [2.45, 2.75) is 92.0 Å². The Kier molecular flexibility index (Phi) is 13.8. The number of benzene rings is 1. The van der Waals surface area contributed by atoms with Gasteiger partial charge in [-0.25, -0.2) is 0 Å². The summed E-state index contributed by atoms with van der Waals surface area (Å²) in [5.74, 6) is 1.21. The number of likely N-dealkylation sites (N-methyl/N-ethyl adjacent to an activating group) is 1. The van der Waals surface area contributed by atoms with Crippen molar-refractivity contribution in [1.29, 1.82) is 0 Å². The van der Waals surface area contributed by atoms with Gasteiger partial charge in [-0.1, -0.05) is 46.8 Å². The summed E-state index contributed by atoms with van der Waals surface area (Å²) in [5, 5.41) is 20.8. The van der Waals surface area contributed by atoms with Gasteiger partial charge in [0.1, 0.15) is 6.29 Å². The van der Waals surface area contributed by atoms with Crippen LogP contribution in [0.2, 0.25) is 0 Å². The molecule has 2 fully saturated rings. The lowest BCUT2D eigenvalue weighted by atomic mass is 9.85. The standard InChI is InChI=1S/C23H33N5O2.C6H12O.C2H6/c1-3-28-21(8-11-26-28)17-4-5-18(20(12-17)16-6-9-24-10-7-16)14-25-23(30)22-13-19(29)15-27(22)2;1-5(2)6(3)4-7;1-2/h4-5,8,11-12,16,19,22,24,29H,3,6-7,9-10,13-15H2,1-2H3,(H,25,30);4-6H,1-3H3;1-2H3. The molecule has 2 aliphatic rings. The summed E-state index contributed by atoms with van der Waals surface area (Å²) in [6, 6.07) is 8.41. The van der Waals surface area contributed by atoms with E-state index in [9.17, 15) is 14.7 Å². The highest BCUT2D eigenvalue weighted by atomic mass is 16.3. The monoisotopic (exact) mass is 541 g/mol. The fraction of sp³-hybridized carbons (Fsp3) is 0.645. The molecule has 3 heterocycles. The lowest BCUT2D eigenvalue weighted by Crippen LogP contribution is -2.41. The van der Waals surface area contributed by atoms with Gasteiger partial charge in [0.25, 0.3) is 0 Å². The van der Waals surface area contributed by atoms with Crippen molar-refractivity contribution < 1.29 is 14.7 Å². The first-order valence-corrected chi connectivity index (χ1v) is 14.7. The normalized spacial score (nSPS) is 20.4. The number of aldehydes is 1. The molecule has 1 amide bonds. The molecule has 218 valence electrons. The molecule has 4 rings (SSSR count). The molecular formula is C31H51N5O3. The molecule has 8 heteroatoms. The maximum Gasteiger partial charge on any atom is 0.237 e. The van der Waals surface area contributed by atoms with E-state index < -0.39 is 6.10 Å². The third kappa shape index (κ3) is 9.26. The summed E-state index contributed by atoms with van der Waals surface area (Å²) in [6.45, 7) is 16.1. The minimum Gasteiger partial charge on any atom is -0.392 e.